The molecule has 2 N–H and O–H groups in total. The minimum absolute atomic E-state index is 0. The summed E-state index contributed by atoms with van der Waals surface area (Å²) < 4.78 is 2.66. The number of hydrogen-bond donors (Lipinski definition) is 1. The smallest absolute Gasteiger partial charge is 0.248 e. The van der Waals surface area contributed by atoms with Crippen LogP contribution < -0.4 is 15.4 Å². The van der Waals surface area contributed by atoms with Crippen LogP contribution in [0, 0.1) is 0 Å². The number of pyridine rings is 1. The summed E-state index contributed by atoms with van der Waals surface area (Å²) in [6.07, 6.45) is 3.88. The SMILES string of the molecule is C[n+]1ccc(-c2csc(SC3=C(C(=O)[O-])N4C(=O)[C@@H](N)[C@H]4SC3)n2)cc1.Cl. The molecule has 2 aliphatic rings. The van der Waals surface area contributed by atoms with Gasteiger partial charge in [0.25, 0.3) is 0 Å². The van der Waals surface area contributed by atoms with Gasteiger partial charge in [-0.05, 0) is 0 Å². The van der Waals surface area contributed by atoms with E-state index in [9.17, 15) is 14.7 Å². The zero-order valence-electron chi connectivity index (χ0n) is 14.0. The van der Waals surface area contributed by atoms with Crippen LogP contribution in [0.5, 0.6) is 0 Å². The first-order valence-corrected chi connectivity index (χ1v) is 10.4. The van der Waals surface area contributed by atoms with Gasteiger partial charge in [0, 0.05) is 33.7 Å². The van der Waals surface area contributed by atoms with Gasteiger partial charge in [-0.2, -0.15) is 0 Å². The molecule has 1 amide bonds. The van der Waals surface area contributed by atoms with E-state index in [1.54, 1.807) is 0 Å². The van der Waals surface area contributed by atoms with Crippen molar-refractivity contribution in [1.29, 1.82) is 0 Å². The van der Waals surface area contributed by atoms with E-state index in [2.05, 4.69) is 4.98 Å². The highest BCUT2D eigenvalue weighted by atomic mass is 35.5. The Morgan fingerprint density at radius 2 is 2.15 bits per heavy atom. The molecule has 7 nitrogen and oxygen atoms in total. The highest BCUT2D eigenvalue weighted by molar-refractivity contribution is 8.07. The van der Waals surface area contributed by atoms with E-state index in [-0.39, 0.29) is 29.4 Å². The summed E-state index contributed by atoms with van der Waals surface area (Å²) in [5, 5.41) is 13.2. The first-order valence-electron chi connectivity index (χ1n) is 7.69. The molecule has 0 aromatic carbocycles. The van der Waals surface area contributed by atoms with Crippen LogP contribution in [0.4, 0.5) is 0 Å². The van der Waals surface area contributed by atoms with E-state index in [1.165, 1.54) is 39.8 Å². The lowest BCUT2D eigenvalue weighted by Gasteiger charge is -2.49. The number of carbonyl (C=O) groups is 2. The third-order valence-electron chi connectivity index (χ3n) is 4.14. The van der Waals surface area contributed by atoms with Crippen LogP contribution >= 0.6 is 47.3 Å². The number of nitrogens with two attached hydrogens (primary N) is 1. The van der Waals surface area contributed by atoms with E-state index in [0.29, 0.717) is 10.7 Å². The van der Waals surface area contributed by atoms with E-state index in [1.807, 2.05) is 41.5 Å². The largest absolute Gasteiger partial charge is 0.543 e. The minimum Gasteiger partial charge on any atom is -0.543 e. The lowest BCUT2D eigenvalue weighted by atomic mass is 10.1. The number of aryl methyl sites for hydroxylation is 1. The van der Waals surface area contributed by atoms with Crippen molar-refractivity contribution in [2.24, 2.45) is 12.8 Å². The zero-order chi connectivity index (χ0) is 18.4. The number of carboxylic acid groups (broad SMARTS) is 1. The van der Waals surface area contributed by atoms with Crippen molar-refractivity contribution in [3.63, 3.8) is 0 Å². The Labute approximate surface area is 174 Å². The number of fused-ring (bicyclic) bond motifs is 1. The predicted molar refractivity (Wildman–Crippen MR) is 105 cm³/mol. The molecule has 2 atom stereocenters. The molecule has 1 saturated heterocycles. The van der Waals surface area contributed by atoms with Crippen molar-refractivity contribution in [3.8, 4) is 11.3 Å². The maximum Gasteiger partial charge on any atom is 0.248 e. The Morgan fingerprint density at radius 3 is 2.81 bits per heavy atom. The van der Waals surface area contributed by atoms with Crippen LogP contribution in [0.2, 0.25) is 0 Å². The molecule has 27 heavy (non-hydrogen) atoms. The van der Waals surface area contributed by atoms with E-state index >= 15 is 0 Å². The molecular formula is C16H15ClN4O3S3. The van der Waals surface area contributed by atoms with Gasteiger partial charge in [0.1, 0.15) is 18.5 Å². The number of rotatable bonds is 4. The van der Waals surface area contributed by atoms with Crippen molar-refractivity contribution < 1.29 is 19.3 Å². The number of aromatic nitrogens is 2. The molecule has 0 bridgehead atoms. The molecule has 4 rings (SSSR count). The average Bonchev–Trinajstić information content (AvgIpc) is 3.09. The Hall–Kier alpha value is -1.59. The summed E-state index contributed by atoms with van der Waals surface area (Å²) in [5.74, 6) is -1.27. The fourth-order valence-electron chi connectivity index (χ4n) is 2.77. The van der Waals surface area contributed by atoms with E-state index in [0.717, 1.165) is 15.6 Å². The van der Waals surface area contributed by atoms with Gasteiger partial charge in [-0.1, -0.05) is 11.8 Å². The molecule has 0 radical (unpaired) electrons. The number of β-lactam (4-membered cyclic amide) rings is 1. The van der Waals surface area contributed by atoms with Crippen LogP contribution in [0.3, 0.4) is 0 Å². The molecular weight excluding hydrogens is 428 g/mol. The Kier molecular flexibility index (Phi) is 5.82. The highest BCUT2D eigenvalue weighted by Crippen LogP contribution is 2.45. The fourth-order valence-corrected chi connectivity index (χ4v) is 6.17. The van der Waals surface area contributed by atoms with Crippen molar-refractivity contribution in [2.75, 3.05) is 5.75 Å². The minimum atomic E-state index is -1.36. The van der Waals surface area contributed by atoms with Gasteiger partial charge in [0.05, 0.1) is 17.4 Å². The second-order valence-electron chi connectivity index (χ2n) is 5.85. The number of thiazole rings is 1. The van der Waals surface area contributed by atoms with Gasteiger partial charge >= 0.3 is 0 Å². The molecule has 1 fully saturated rings. The molecule has 2 aromatic rings. The summed E-state index contributed by atoms with van der Waals surface area (Å²) in [6.45, 7) is 0. The van der Waals surface area contributed by atoms with Gasteiger partial charge in [0.2, 0.25) is 5.91 Å². The summed E-state index contributed by atoms with van der Waals surface area (Å²) in [4.78, 5) is 30.0. The predicted octanol–water partition coefficient (Wildman–Crippen LogP) is 0.352. The molecule has 0 saturated carbocycles. The van der Waals surface area contributed by atoms with Crippen molar-refractivity contribution >= 4 is 59.1 Å². The lowest BCUT2D eigenvalue weighted by Crippen LogP contribution is -2.69. The first-order chi connectivity index (χ1) is 12.5. The summed E-state index contributed by atoms with van der Waals surface area (Å²) in [5.41, 5.74) is 7.49. The van der Waals surface area contributed by atoms with Crippen LogP contribution in [0.1, 0.15) is 0 Å². The van der Waals surface area contributed by atoms with Gasteiger partial charge < -0.3 is 15.6 Å². The molecule has 2 aliphatic heterocycles. The Bertz CT molecular complexity index is 931. The third-order valence-corrected chi connectivity index (χ3v) is 7.64. The molecule has 0 spiro atoms. The molecule has 0 aliphatic carbocycles. The summed E-state index contributed by atoms with van der Waals surface area (Å²) in [7, 11) is 1.94. The molecule has 0 unspecified atom stereocenters. The fraction of sp³-hybridized carbons (Fsp3) is 0.250. The summed E-state index contributed by atoms with van der Waals surface area (Å²) >= 11 is 4.17. The maximum absolute atomic E-state index is 12.0. The normalized spacial score (nSPS) is 21.4. The second-order valence-corrected chi connectivity index (χ2v) is 9.15. The van der Waals surface area contributed by atoms with Crippen LogP contribution in [-0.4, -0.2) is 38.9 Å². The first kappa shape index (κ1) is 20.2. The number of carbonyl (C=O) groups excluding carboxylic acids is 2. The van der Waals surface area contributed by atoms with Gasteiger partial charge in [-0.25, -0.2) is 9.55 Å². The molecule has 2 aromatic heterocycles. The van der Waals surface area contributed by atoms with Crippen LogP contribution in [0.15, 0.2) is 44.8 Å². The molecule has 11 heteroatoms. The summed E-state index contributed by atoms with van der Waals surface area (Å²) in [6, 6.07) is 3.29. The number of hydrogen-bond acceptors (Lipinski definition) is 8. The maximum atomic E-state index is 12.0. The topological polar surface area (TPSA) is 103 Å². The lowest BCUT2D eigenvalue weighted by molar-refractivity contribution is -0.671. The van der Waals surface area contributed by atoms with Gasteiger partial charge in [-0.15, -0.1) is 35.5 Å². The number of aliphatic carboxylic acids is 1. The molecule has 142 valence electrons. The number of thioether (sulfide) groups is 2. The van der Waals surface area contributed by atoms with Crippen molar-refractivity contribution in [2.45, 2.75) is 15.8 Å². The average molecular weight is 443 g/mol. The number of carboxylic acids is 1. The number of nitrogens with zero attached hydrogens (tertiary/aromatic N) is 3. The molecule has 4 heterocycles. The Balaban J connectivity index is 0.00000210. The van der Waals surface area contributed by atoms with Gasteiger partial charge in [0.15, 0.2) is 16.7 Å². The van der Waals surface area contributed by atoms with Crippen LogP contribution in [-0.2, 0) is 16.6 Å². The number of amides is 1. The quantitative estimate of drug-likeness (QED) is 0.538. The number of halogens is 1. The monoisotopic (exact) mass is 442 g/mol. The Morgan fingerprint density at radius 1 is 1.44 bits per heavy atom. The van der Waals surface area contributed by atoms with Crippen molar-refractivity contribution in [1.82, 2.24) is 9.88 Å². The third kappa shape index (κ3) is 3.59. The standard InChI is InChI=1S/C16H14N4O3S3.ClH/c1-19-4-2-8(3-5-19)9-6-25-16(18-9)26-10-7-24-14-11(17)13(21)20(14)12(10)15(22)23;/h2-6,11,14H,7,17H2,1H3;1H/t11-,14-;/m1./s1. The van der Waals surface area contributed by atoms with Crippen LogP contribution in [0.25, 0.3) is 11.3 Å². The van der Waals surface area contributed by atoms with E-state index in [4.69, 9.17) is 5.73 Å². The highest BCUT2D eigenvalue weighted by Gasteiger charge is 2.50. The van der Waals surface area contributed by atoms with Gasteiger partial charge in [-0.3, -0.25) is 9.69 Å². The zero-order valence-corrected chi connectivity index (χ0v) is 17.3. The van der Waals surface area contributed by atoms with Crippen molar-refractivity contribution in [3.05, 3.63) is 40.5 Å². The van der Waals surface area contributed by atoms with E-state index < -0.39 is 12.0 Å². The second kappa shape index (κ2) is 7.80.